The molecule has 0 fully saturated rings. The summed E-state index contributed by atoms with van der Waals surface area (Å²) in [6.45, 7) is 3.61. The van der Waals surface area contributed by atoms with Gasteiger partial charge in [0.15, 0.2) is 13.2 Å². The molecule has 2 aromatic carbocycles. The number of esters is 1. The first-order valence-corrected chi connectivity index (χ1v) is 8.81. The monoisotopic (exact) mass is 370 g/mol. The molecule has 144 valence electrons. The second-order valence-electron chi connectivity index (χ2n) is 6.66. The molecule has 2 aromatic rings. The van der Waals surface area contributed by atoms with Crippen molar-refractivity contribution in [3.05, 3.63) is 54.1 Å². The molecule has 0 heterocycles. The first-order chi connectivity index (χ1) is 12.8. The zero-order chi connectivity index (χ0) is 19.8. The summed E-state index contributed by atoms with van der Waals surface area (Å²) in [5.41, 5.74) is 2.86. The van der Waals surface area contributed by atoms with Crippen LogP contribution in [0.15, 0.2) is 48.5 Å². The van der Waals surface area contributed by atoms with Crippen LogP contribution in [0.5, 0.6) is 5.75 Å². The number of ether oxygens (including phenoxy) is 2. The maximum Gasteiger partial charge on any atom is 0.344 e. The Bertz CT molecular complexity index is 753. The Hall–Kier alpha value is -3.02. The zero-order valence-electron chi connectivity index (χ0n) is 16.2. The number of hydrogen-bond acceptors (Lipinski definition) is 5. The first kappa shape index (κ1) is 20.3. The second-order valence-corrected chi connectivity index (χ2v) is 6.66. The molecule has 0 atom stereocenters. The third-order valence-corrected chi connectivity index (χ3v) is 3.94. The van der Waals surface area contributed by atoms with Crippen LogP contribution in [0.1, 0.15) is 25.3 Å². The number of nitrogens with one attached hydrogen (secondary N) is 1. The molecule has 0 bridgehead atoms. The number of nitrogens with zero attached hydrogens (tertiary/aromatic N) is 1. The van der Waals surface area contributed by atoms with Crippen LogP contribution in [-0.4, -0.2) is 39.2 Å². The van der Waals surface area contributed by atoms with Crippen LogP contribution in [0, 0.1) is 0 Å². The van der Waals surface area contributed by atoms with Crippen LogP contribution in [0.25, 0.3) is 0 Å². The average Bonchev–Trinajstić information content (AvgIpc) is 2.65. The fourth-order valence-corrected chi connectivity index (χ4v) is 2.32. The first-order valence-electron chi connectivity index (χ1n) is 8.81. The van der Waals surface area contributed by atoms with Gasteiger partial charge in [-0.1, -0.05) is 26.0 Å². The van der Waals surface area contributed by atoms with E-state index in [1.54, 1.807) is 12.1 Å². The maximum atomic E-state index is 11.9. The molecule has 0 saturated heterocycles. The van der Waals surface area contributed by atoms with Gasteiger partial charge in [0.25, 0.3) is 5.91 Å². The Morgan fingerprint density at radius 1 is 0.963 bits per heavy atom. The molecule has 0 aliphatic heterocycles. The molecular weight excluding hydrogens is 344 g/mol. The smallest absolute Gasteiger partial charge is 0.344 e. The Balaban J connectivity index is 1.72. The van der Waals surface area contributed by atoms with Crippen LogP contribution in [-0.2, 0) is 14.3 Å². The molecule has 0 unspecified atom stereocenters. The largest absolute Gasteiger partial charge is 0.482 e. The van der Waals surface area contributed by atoms with Gasteiger partial charge in [0.1, 0.15) is 5.75 Å². The molecule has 0 aliphatic carbocycles. The fraction of sp³-hybridized carbons (Fsp3) is 0.333. The molecular formula is C21H26N2O4. The lowest BCUT2D eigenvalue weighted by atomic mass is 10.0. The van der Waals surface area contributed by atoms with Crippen molar-refractivity contribution in [2.75, 3.05) is 37.5 Å². The molecule has 27 heavy (non-hydrogen) atoms. The van der Waals surface area contributed by atoms with Gasteiger partial charge in [0.05, 0.1) is 0 Å². The summed E-state index contributed by atoms with van der Waals surface area (Å²) in [4.78, 5) is 25.6. The van der Waals surface area contributed by atoms with E-state index in [0.717, 1.165) is 5.69 Å². The van der Waals surface area contributed by atoms with Crippen molar-refractivity contribution in [3.63, 3.8) is 0 Å². The van der Waals surface area contributed by atoms with Gasteiger partial charge in [-0.25, -0.2) is 4.79 Å². The van der Waals surface area contributed by atoms with E-state index >= 15 is 0 Å². The van der Waals surface area contributed by atoms with Crippen molar-refractivity contribution in [1.29, 1.82) is 0 Å². The predicted octanol–water partition coefficient (Wildman–Crippen LogP) is 3.44. The number of amides is 1. The van der Waals surface area contributed by atoms with Gasteiger partial charge in [-0.05, 0) is 47.9 Å². The van der Waals surface area contributed by atoms with Crippen LogP contribution >= 0.6 is 0 Å². The molecule has 1 N–H and O–H groups in total. The predicted molar refractivity (Wildman–Crippen MR) is 106 cm³/mol. The highest BCUT2D eigenvalue weighted by Crippen LogP contribution is 2.18. The molecule has 1 amide bonds. The molecule has 0 saturated carbocycles. The lowest BCUT2D eigenvalue weighted by Gasteiger charge is -2.13. The van der Waals surface area contributed by atoms with Gasteiger partial charge < -0.3 is 19.7 Å². The van der Waals surface area contributed by atoms with Crippen LogP contribution in [0.3, 0.4) is 0 Å². The minimum Gasteiger partial charge on any atom is -0.482 e. The third-order valence-electron chi connectivity index (χ3n) is 3.94. The molecule has 0 aromatic heterocycles. The van der Waals surface area contributed by atoms with E-state index in [1.807, 2.05) is 55.4 Å². The topological polar surface area (TPSA) is 67.9 Å². The van der Waals surface area contributed by atoms with Gasteiger partial charge in [-0.3, -0.25) is 4.79 Å². The number of carbonyl (C=O) groups excluding carboxylic acids is 2. The molecule has 0 aliphatic rings. The van der Waals surface area contributed by atoms with E-state index in [9.17, 15) is 9.59 Å². The standard InChI is InChI=1S/C21H26N2O4/c1-15(2)16-5-11-19(12-6-16)26-14-21(25)27-13-20(24)22-17-7-9-18(10-8-17)23(3)4/h5-12,15H,13-14H2,1-4H3,(H,22,24). The lowest BCUT2D eigenvalue weighted by Crippen LogP contribution is -2.23. The highest BCUT2D eigenvalue weighted by Gasteiger charge is 2.09. The van der Waals surface area contributed by atoms with E-state index in [-0.39, 0.29) is 13.2 Å². The van der Waals surface area contributed by atoms with E-state index in [0.29, 0.717) is 17.4 Å². The van der Waals surface area contributed by atoms with Crippen molar-refractivity contribution in [2.24, 2.45) is 0 Å². The Morgan fingerprint density at radius 3 is 2.15 bits per heavy atom. The van der Waals surface area contributed by atoms with E-state index < -0.39 is 11.9 Å². The van der Waals surface area contributed by atoms with E-state index in [1.165, 1.54) is 5.56 Å². The van der Waals surface area contributed by atoms with Crippen molar-refractivity contribution in [3.8, 4) is 5.75 Å². The minimum absolute atomic E-state index is 0.244. The van der Waals surface area contributed by atoms with Crippen molar-refractivity contribution >= 4 is 23.3 Å². The SMILES string of the molecule is CC(C)c1ccc(OCC(=O)OCC(=O)Nc2ccc(N(C)C)cc2)cc1. The summed E-state index contributed by atoms with van der Waals surface area (Å²) in [5.74, 6) is 0.0201. The van der Waals surface area contributed by atoms with Crippen molar-refractivity contribution in [2.45, 2.75) is 19.8 Å². The minimum atomic E-state index is -0.596. The van der Waals surface area contributed by atoms with Crippen LogP contribution in [0.4, 0.5) is 11.4 Å². The third kappa shape index (κ3) is 6.66. The number of benzene rings is 2. The molecule has 2 rings (SSSR count). The summed E-state index contributed by atoms with van der Waals surface area (Å²) in [6, 6.07) is 14.9. The highest BCUT2D eigenvalue weighted by molar-refractivity contribution is 5.93. The quantitative estimate of drug-likeness (QED) is 0.721. The second kappa shape index (κ2) is 9.62. The summed E-state index contributed by atoms with van der Waals surface area (Å²) in [5, 5.41) is 2.68. The normalized spacial score (nSPS) is 10.4. The Kier molecular flexibility index (Phi) is 7.23. The maximum absolute atomic E-state index is 11.9. The molecule has 6 nitrogen and oxygen atoms in total. The van der Waals surface area contributed by atoms with Crippen LogP contribution < -0.4 is 15.0 Å². The summed E-state index contributed by atoms with van der Waals surface area (Å²) in [6.07, 6.45) is 0. The van der Waals surface area contributed by atoms with E-state index in [4.69, 9.17) is 9.47 Å². The molecule has 0 spiro atoms. The Morgan fingerprint density at radius 2 is 1.59 bits per heavy atom. The van der Waals surface area contributed by atoms with Gasteiger partial charge in [-0.2, -0.15) is 0 Å². The summed E-state index contributed by atoms with van der Waals surface area (Å²) in [7, 11) is 3.88. The Labute approximate surface area is 160 Å². The number of anilines is 2. The van der Waals surface area contributed by atoms with Crippen LogP contribution in [0.2, 0.25) is 0 Å². The van der Waals surface area contributed by atoms with E-state index in [2.05, 4.69) is 19.2 Å². The van der Waals surface area contributed by atoms with Gasteiger partial charge >= 0.3 is 5.97 Å². The number of hydrogen-bond donors (Lipinski definition) is 1. The van der Waals surface area contributed by atoms with Gasteiger partial charge in [0.2, 0.25) is 0 Å². The number of rotatable bonds is 8. The number of carbonyl (C=O) groups is 2. The lowest BCUT2D eigenvalue weighted by molar-refractivity contribution is -0.149. The van der Waals surface area contributed by atoms with Crippen molar-refractivity contribution in [1.82, 2.24) is 0 Å². The summed E-state index contributed by atoms with van der Waals surface area (Å²) >= 11 is 0. The highest BCUT2D eigenvalue weighted by atomic mass is 16.6. The zero-order valence-corrected chi connectivity index (χ0v) is 16.2. The van der Waals surface area contributed by atoms with Gasteiger partial charge in [0, 0.05) is 25.5 Å². The average molecular weight is 370 g/mol. The molecule has 6 heteroatoms. The van der Waals surface area contributed by atoms with Crippen molar-refractivity contribution < 1.29 is 19.1 Å². The summed E-state index contributed by atoms with van der Waals surface area (Å²) < 4.78 is 10.3. The fourth-order valence-electron chi connectivity index (χ4n) is 2.32. The molecule has 0 radical (unpaired) electrons. The van der Waals surface area contributed by atoms with Gasteiger partial charge in [-0.15, -0.1) is 0 Å².